The van der Waals surface area contributed by atoms with Crippen LogP contribution in [-0.2, 0) is 4.74 Å². The molecule has 0 aromatic carbocycles. The number of aromatic nitrogens is 2. The Balaban J connectivity index is 2.41. The first-order valence-corrected chi connectivity index (χ1v) is 6.01. The first-order valence-electron chi connectivity index (χ1n) is 6.01. The van der Waals surface area contributed by atoms with Crippen LogP contribution in [0.3, 0.4) is 0 Å². The molecule has 0 saturated heterocycles. The summed E-state index contributed by atoms with van der Waals surface area (Å²) < 4.78 is 10.1. The first-order chi connectivity index (χ1) is 9.42. The van der Waals surface area contributed by atoms with Gasteiger partial charge in [0.25, 0.3) is 5.76 Å². The molecule has 2 heterocycles. The van der Waals surface area contributed by atoms with Gasteiger partial charge < -0.3 is 9.26 Å². The Hall–Kier alpha value is -2.50. The lowest BCUT2D eigenvalue weighted by Gasteiger charge is -2.18. The molecule has 0 atom stereocenters. The monoisotopic (exact) mass is 274 g/mol. The second-order valence-corrected chi connectivity index (χ2v) is 5.14. The number of carbonyl (C=O) groups is 2. The van der Waals surface area contributed by atoms with Crippen molar-refractivity contribution in [3.05, 3.63) is 35.9 Å². The van der Waals surface area contributed by atoms with Crippen LogP contribution in [0.1, 0.15) is 41.7 Å². The minimum Gasteiger partial charge on any atom is -0.454 e. The molecule has 0 aliphatic carbocycles. The highest BCUT2D eigenvalue weighted by atomic mass is 16.6. The third-order valence-corrected chi connectivity index (χ3v) is 2.37. The Morgan fingerprint density at radius 3 is 2.70 bits per heavy atom. The minimum absolute atomic E-state index is 0.0623. The maximum absolute atomic E-state index is 12.0. The van der Waals surface area contributed by atoms with Gasteiger partial charge in [0, 0.05) is 18.0 Å². The normalized spacial score (nSPS) is 11.2. The van der Waals surface area contributed by atoms with Crippen molar-refractivity contribution >= 4 is 12.3 Å². The van der Waals surface area contributed by atoms with E-state index < -0.39 is 11.6 Å². The number of hydrogen-bond donors (Lipinski definition) is 0. The standard InChI is InChI=1S/C14H14N2O4/c1-14(2,3)19-13(18)12-10(8-17)11(16-20-12)9-5-4-6-15-7-9/h4-8H,1-3H3. The fourth-order valence-corrected chi connectivity index (χ4v) is 1.59. The fraction of sp³-hybridized carbons (Fsp3) is 0.286. The van der Waals surface area contributed by atoms with Gasteiger partial charge in [0.1, 0.15) is 11.3 Å². The lowest BCUT2D eigenvalue weighted by molar-refractivity contribution is 0.00262. The SMILES string of the molecule is CC(C)(C)OC(=O)c1onc(-c2cccnc2)c1C=O. The van der Waals surface area contributed by atoms with E-state index in [1.807, 2.05) is 0 Å². The molecule has 0 bridgehead atoms. The summed E-state index contributed by atoms with van der Waals surface area (Å²) in [6.07, 6.45) is 3.65. The summed E-state index contributed by atoms with van der Waals surface area (Å²) in [5.74, 6) is -0.920. The number of hydrogen-bond acceptors (Lipinski definition) is 6. The summed E-state index contributed by atoms with van der Waals surface area (Å²) in [4.78, 5) is 27.1. The summed E-state index contributed by atoms with van der Waals surface area (Å²) >= 11 is 0. The van der Waals surface area contributed by atoms with E-state index in [9.17, 15) is 9.59 Å². The quantitative estimate of drug-likeness (QED) is 0.631. The molecular weight excluding hydrogens is 260 g/mol. The molecule has 0 saturated carbocycles. The Morgan fingerprint density at radius 1 is 1.40 bits per heavy atom. The molecule has 2 aromatic rings. The maximum Gasteiger partial charge on any atom is 0.378 e. The molecule has 0 aliphatic heterocycles. The van der Waals surface area contributed by atoms with E-state index in [1.165, 1.54) is 6.20 Å². The van der Waals surface area contributed by atoms with Crippen LogP contribution in [0, 0.1) is 0 Å². The van der Waals surface area contributed by atoms with Crippen molar-refractivity contribution in [2.24, 2.45) is 0 Å². The van der Waals surface area contributed by atoms with Crippen molar-refractivity contribution in [2.45, 2.75) is 26.4 Å². The minimum atomic E-state index is -0.720. The summed E-state index contributed by atoms with van der Waals surface area (Å²) in [7, 11) is 0. The van der Waals surface area contributed by atoms with Crippen LogP contribution >= 0.6 is 0 Å². The molecule has 0 aliphatic rings. The number of aldehydes is 1. The molecule has 0 amide bonds. The zero-order valence-electron chi connectivity index (χ0n) is 11.4. The van der Waals surface area contributed by atoms with Gasteiger partial charge in [0.2, 0.25) is 0 Å². The van der Waals surface area contributed by atoms with E-state index >= 15 is 0 Å². The number of pyridine rings is 1. The summed E-state index contributed by atoms with van der Waals surface area (Å²) in [6.45, 7) is 5.18. The van der Waals surface area contributed by atoms with E-state index in [2.05, 4.69) is 10.1 Å². The fourth-order valence-electron chi connectivity index (χ4n) is 1.59. The van der Waals surface area contributed by atoms with E-state index in [0.717, 1.165) is 0 Å². The van der Waals surface area contributed by atoms with E-state index in [0.29, 0.717) is 11.8 Å². The van der Waals surface area contributed by atoms with Crippen LogP contribution in [-0.4, -0.2) is 28.0 Å². The lowest BCUT2D eigenvalue weighted by atomic mass is 10.1. The van der Waals surface area contributed by atoms with Crippen molar-refractivity contribution in [2.75, 3.05) is 0 Å². The van der Waals surface area contributed by atoms with Gasteiger partial charge in [-0.05, 0) is 32.9 Å². The highest BCUT2D eigenvalue weighted by molar-refractivity contribution is 5.99. The van der Waals surface area contributed by atoms with Gasteiger partial charge in [-0.15, -0.1) is 0 Å². The molecule has 2 aromatic heterocycles. The van der Waals surface area contributed by atoms with E-state index in [1.54, 1.807) is 39.1 Å². The summed E-state index contributed by atoms with van der Waals surface area (Å²) in [5.41, 5.74) is 0.243. The molecule has 0 fully saturated rings. The molecule has 6 heteroatoms. The second-order valence-electron chi connectivity index (χ2n) is 5.14. The lowest BCUT2D eigenvalue weighted by Crippen LogP contribution is -2.24. The van der Waals surface area contributed by atoms with E-state index in [-0.39, 0.29) is 17.0 Å². The van der Waals surface area contributed by atoms with Crippen LogP contribution in [0.4, 0.5) is 0 Å². The third kappa shape index (κ3) is 2.90. The molecule has 6 nitrogen and oxygen atoms in total. The molecule has 0 unspecified atom stereocenters. The molecule has 2 rings (SSSR count). The Labute approximate surface area is 115 Å². The Kier molecular flexibility index (Phi) is 3.65. The van der Waals surface area contributed by atoms with Crippen molar-refractivity contribution in [3.8, 4) is 11.3 Å². The van der Waals surface area contributed by atoms with Gasteiger partial charge in [-0.1, -0.05) is 5.16 Å². The molecule has 0 spiro atoms. The van der Waals surface area contributed by atoms with Crippen molar-refractivity contribution in [1.29, 1.82) is 0 Å². The number of rotatable bonds is 3. The van der Waals surface area contributed by atoms with E-state index in [4.69, 9.17) is 9.26 Å². The number of carbonyl (C=O) groups excluding carboxylic acids is 2. The highest BCUT2D eigenvalue weighted by Gasteiger charge is 2.27. The van der Waals surface area contributed by atoms with Gasteiger partial charge in [-0.25, -0.2) is 4.79 Å². The number of esters is 1. The van der Waals surface area contributed by atoms with Gasteiger partial charge in [-0.3, -0.25) is 9.78 Å². The van der Waals surface area contributed by atoms with Crippen LogP contribution in [0.25, 0.3) is 11.3 Å². The van der Waals surface area contributed by atoms with Gasteiger partial charge >= 0.3 is 5.97 Å². The van der Waals surface area contributed by atoms with Crippen molar-refractivity contribution < 1.29 is 18.8 Å². The average Bonchev–Trinajstić information content (AvgIpc) is 2.81. The molecule has 20 heavy (non-hydrogen) atoms. The van der Waals surface area contributed by atoms with Crippen LogP contribution < -0.4 is 0 Å². The van der Waals surface area contributed by atoms with Gasteiger partial charge in [0.15, 0.2) is 6.29 Å². The Bertz CT molecular complexity index is 626. The number of ether oxygens (including phenoxy) is 1. The predicted molar refractivity (Wildman–Crippen MR) is 70.3 cm³/mol. The van der Waals surface area contributed by atoms with Crippen LogP contribution in [0.5, 0.6) is 0 Å². The van der Waals surface area contributed by atoms with Crippen molar-refractivity contribution in [3.63, 3.8) is 0 Å². The topological polar surface area (TPSA) is 82.3 Å². The Morgan fingerprint density at radius 2 is 2.15 bits per heavy atom. The third-order valence-electron chi connectivity index (χ3n) is 2.37. The molecule has 104 valence electrons. The first kappa shape index (κ1) is 13.9. The smallest absolute Gasteiger partial charge is 0.378 e. The molecular formula is C14H14N2O4. The predicted octanol–water partition coefficient (Wildman–Crippen LogP) is 2.50. The molecule has 0 radical (unpaired) electrons. The summed E-state index contributed by atoms with van der Waals surface area (Å²) in [5, 5.41) is 3.76. The zero-order chi connectivity index (χ0) is 14.8. The highest BCUT2D eigenvalue weighted by Crippen LogP contribution is 2.25. The maximum atomic E-state index is 12.0. The zero-order valence-corrected chi connectivity index (χ0v) is 11.4. The van der Waals surface area contributed by atoms with Crippen molar-refractivity contribution in [1.82, 2.24) is 10.1 Å². The number of nitrogens with zero attached hydrogens (tertiary/aromatic N) is 2. The summed E-state index contributed by atoms with van der Waals surface area (Å²) in [6, 6.07) is 3.42. The second kappa shape index (κ2) is 5.24. The average molecular weight is 274 g/mol. The van der Waals surface area contributed by atoms with Gasteiger partial charge in [0.05, 0.1) is 5.56 Å². The largest absolute Gasteiger partial charge is 0.454 e. The van der Waals surface area contributed by atoms with Gasteiger partial charge in [-0.2, -0.15) is 0 Å². The van der Waals surface area contributed by atoms with Crippen LogP contribution in [0.2, 0.25) is 0 Å². The molecule has 0 N–H and O–H groups in total. The van der Waals surface area contributed by atoms with Crippen LogP contribution in [0.15, 0.2) is 29.0 Å².